The Morgan fingerprint density at radius 2 is 1.38 bits per heavy atom. The van der Waals surface area contributed by atoms with Crippen molar-refractivity contribution < 1.29 is 0 Å². The Kier molecular flexibility index (Phi) is 15.5. The minimum absolute atomic E-state index is 0.574. The van der Waals surface area contributed by atoms with Crippen LogP contribution in [0.25, 0.3) is 0 Å². The third kappa shape index (κ3) is 10.1. The van der Waals surface area contributed by atoms with Gasteiger partial charge in [0.2, 0.25) is 0 Å². The Balaban J connectivity index is 0.000000197. The highest BCUT2D eigenvalue weighted by Gasteiger charge is 2.44. The number of fused-ring (bicyclic) bond motifs is 5. The molecule has 0 amide bonds. The maximum Gasteiger partial charge on any atom is -0.0133 e. The summed E-state index contributed by atoms with van der Waals surface area (Å²) in [7, 11) is 0. The van der Waals surface area contributed by atoms with E-state index in [-0.39, 0.29) is 0 Å². The molecule has 5 aliphatic carbocycles. The number of hydrogen-bond donors (Lipinski definition) is 0. The molecule has 0 heteroatoms. The molecule has 0 radical (unpaired) electrons. The lowest BCUT2D eigenvalue weighted by Crippen LogP contribution is -2.13. The van der Waals surface area contributed by atoms with E-state index in [2.05, 4.69) is 87.1 Å². The summed E-state index contributed by atoms with van der Waals surface area (Å²) in [6, 6.07) is 0. The molecule has 0 aromatic heterocycles. The van der Waals surface area contributed by atoms with Crippen LogP contribution in [-0.2, 0) is 0 Å². The van der Waals surface area contributed by atoms with Crippen molar-refractivity contribution in [2.45, 2.75) is 103 Å². The third-order valence-electron chi connectivity index (χ3n) is 10.1. The molecule has 8 atom stereocenters. The van der Waals surface area contributed by atoms with Gasteiger partial charge in [0.15, 0.2) is 0 Å². The van der Waals surface area contributed by atoms with Crippen LogP contribution in [0.3, 0.4) is 0 Å². The van der Waals surface area contributed by atoms with Gasteiger partial charge in [0.05, 0.1) is 0 Å². The molecular formula is C40H60. The molecule has 0 N–H and O–H groups in total. The molecule has 0 spiro atoms. The molecule has 8 unspecified atom stereocenters. The van der Waals surface area contributed by atoms with Gasteiger partial charge in [0, 0.05) is 0 Å². The zero-order valence-corrected chi connectivity index (χ0v) is 25.7. The standard InChI is InChI=1S/C22H34.C10H12.C8H14/c1-5-9-10-11-12-13-14-15-17-20-18-19(7-3)22(16-6-2)21(20)8-4;1-2-9-7-4-5-8(6-7)10(9)3-1;1-2-4-6-8-7-5-3-1/h5-8,15,17,19-22H,1-4,9-14,16,18H2;1-2,4-5,7-10H,3,6H2;1-2H,3-8H2/b17-15-;;. The second-order valence-corrected chi connectivity index (χ2v) is 12.8. The number of hydrogen-bond acceptors (Lipinski definition) is 0. The number of rotatable bonds is 12. The van der Waals surface area contributed by atoms with E-state index in [1.165, 1.54) is 89.9 Å². The molecule has 0 aromatic carbocycles. The molecule has 220 valence electrons. The molecular weight excluding hydrogens is 480 g/mol. The average Bonchev–Trinajstić information content (AvgIpc) is 3.73. The summed E-state index contributed by atoms with van der Waals surface area (Å²) in [6.45, 7) is 15.8. The molecule has 2 bridgehead atoms. The van der Waals surface area contributed by atoms with Crippen LogP contribution in [0, 0.1) is 47.3 Å². The van der Waals surface area contributed by atoms with Gasteiger partial charge < -0.3 is 0 Å². The van der Waals surface area contributed by atoms with Gasteiger partial charge in [0.1, 0.15) is 0 Å². The summed E-state index contributed by atoms with van der Waals surface area (Å²) in [5.74, 6) is 6.27. The van der Waals surface area contributed by atoms with E-state index in [1.54, 1.807) is 0 Å². The van der Waals surface area contributed by atoms with Crippen LogP contribution in [0.5, 0.6) is 0 Å². The SMILES string of the molecule is C1=CC2C3C=CC(C3)C2C1.C1=CCCCCCC1.C=CCCCCCC/C=C\C1CC(C=C)C(CC=C)C1C=C. The predicted octanol–water partition coefficient (Wildman–Crippen LogP) is 12.2. The van der Waals surface area contributed by atoms with Gasteiger partial charge in [-0.25, -0.2) is 0 Å². The van der Waals surface area contributed by atoms with E-state index in [4.69, 9.17) is 0 Å². The predicted molar refractivity (Wildman–Crippen MR) is 179 cm³/mol. The molecule has 2 fully saturated rings. The first-order valence-electron chi connectivity index (χ1n) is 16.9. The fraction of sp³-hybridized carbons (Fsp3) is 0.600. The molecule has 0 heterocycles. The molecule has 5 aliphatic rings. The zero-order valence-electron chi connectivity index (χ0n) is 25.7. The molecule has 0 aromatic rings. The molecule has 40 heavy (non-hydrogen) atoms. The van der Waals surface area contributed by atoms with Crippen molar-refractivity contribution in [3.63, 3.8) is 0 Å². The first-order chi connectivity index (χ1) is 19.7. The van der Waals surface area contributed by atoms with E-state index in [0.29, 0.717) is 23.7 Å². The van der Waals surface area contributed by atoms with Crippen molar-refractivity contribution in [2.75, 3.05) is 0 Å². The summed E-state index contributed by atoms with van der Waals surface area (Å²) in [5, 5.41) is 0. The summed E-state index contributed by atoms with van der Waals surface area (Å²) in [5.41, 5.74) is 0. The topological polar surface area (TPSA) is 0 Å². The van der Waals surface area contributed by atoms with Crippen LogP contribution in [0.4, 0.5) is 0 Å². The van der Waals surface area contributed by atoms with Crippen LogP contribution >= 0.6 is 0 Å². The first-order valence-corrected chi connectivity index (χ1v) is 16.9. The Morgan fingerprint density at radius 3 is 2.02 bits per heavy atom. The maximum absolute atomic E-state index is 4.07. The highest BCUT2D eigenvalue weighted by atomic mass is 14.5. The van der Waals surface area contributed by atoms with Crippen LogP contribution in [0.15, 0.2) is 99.2 Å². The van der Waals surface area contributed by atoms with Gasteiger partial charge in [-0.2, -0.15) is 0 Å². The van der Waals surface area contributed by atoms with Crippen molar-refractivity contribution in [3.05, 3.63) is 99.2 Å². The van der Waals surface area contributed by atoms with Crippen LogP contribution < -0.4 is 0 Å². The van der Waals surface area contributed by atoms with Gasteiger partial charge in [0.25, 0.3) is 0 Å². The zero-order chi connectivity index (χ0) is 28.4. The lowest BCUT2D eigenvalue weighted by atomic mass is 9.84. The van der Waals surface area contributed by atoms with Crippen LogP contribution in [0.1, 0.15) is 103 Å². The van der Waals surface area contributed by atoms with Crippen molar-refractivity contribution in [3.8, 4) is 0 Å². The normalized spacial score (nSPS) is 33.3. The van der Waals surface area contributed by atoms with Gasteiger partial charge in [-0.3, -0.25) is 0 Å². The van der Waals surface area contributed by atoms with Crippen LogP contribution in [0.2, 0.25) is 0 Å². The molecule has 0 nitrogen and oxygen atoms in total. The van der Waals surface area contributed by atoms with Gasteiger partial charge in [-0.05, 0) is 124 Å². The molecule has 0 saturated heterocycles. The lowest BCUT2D eigenvalue weighted by molar-refractivity contribution is 0.389. The van der Waals surface area contributed by atoms with Crippen molar-refractivity contribution >= 4 is 0 Å². The minimum Gasteiger partial charge on any atom is -0.103 e. The molecule has 5 rings (SSSR count). The number of unbranched alkanes of at least 4 members (excludes halogenated alkanes) is 5. The van der Waals surface area contributed by atoms with Crippen molar-refractivity contribution in [1.29, 1.82) is 0 Å². The summed E-state index contributed by atoms with van der Waals surface area (Å²) >= 11 is 0. The lowest BCUT2D eigenvalue weighted by Gasteiger charge is -2.20. The fourth-order valence-corrected chi connectivity index (χ4v) is 7.86. The van der Waals surface area contributed by atoms with Crippen molar-refractivity contribution in [1.82, 2.24) is 0 Å². The minimum atomic E-state index is 0.574. The third-order valence-corrected chi connectivity index (χ3v) is 10.1. The Morgan fingerprint density at radius 1 is 0.650 bits per heavy atom. The second kappa shape index (κ2) is 19.1. The largest absolute Gasteiger partial charge is 0.103 e. The highest BCUT2D eigenvalue weighted by Crippen LogP contribution is 2.52. The van der Waals surface area contributed by atoms with Gasteiger partial charge >= 0.3 is 0 Å². The molecule has 2 saturated carbocycles. The Hall–Kier alpha value is -2.08. The van der Waals surface area contributed by atoms with E-state index in [9.17, 15) is 0 Å². The first kappa shape index (κ1) is 32.4. The van der Waals surface area contributed by atoms with Crippen molar-refractivity contribution in [2.24, 2.45) is 47.3 Å². The van der Waals surface area contributed by atoms with E-state index >= 15 is 0 Å². The highest BCUT2D eigenvalue weighted by molar-refractivity contribution is 5.21. The average molecular weight is 541 g/mol. The van der Waals surface area contributed by atoms with Gasteiger partial charge in [-0.1, -0.05) is 98.6 Å². The second-order valence-electron chi connectivity index (χ2n) is 12.8. The maximum atomic E-state index is 4.07. The Bertz CT molecular complexity index is 854. The Labute approximate surface area is 248 Å². The quantitative estimate of drug-likeness (QED) is 0.170. The van der Waals surface area contributed by atoms with Crippen LogP contribution in [-0.4, -0.2) is 0 Å². The summed E-state index contributed by atoms with van der Waals surface area (Å²) < 4.78 is 0. The fourth-order valence-electron chi connectivity index (χ4n) is 7.86. The van der Waals surface area contributed by atoms with E-state index in [1.807, 2.05) is 12.2 Å². The van der Waals surface area contributed by atoms with Gasteiger partial charge in [-0.15, -0.1) is 26.3 Å². The number of allylic oxidation sites excluding steroid dienone is 12. The molecule has 0 aliphatic heterocycles. The van der Waals surface area contributed by atoms with E-state index in [0.717, 1.165) is 36.5 Å². The monoisotopic (exact) mass is 540 g/mol. The summed E-state index contributed by atoms with van der Waals surface area (Å²) in [6.07, 6.45) is 48.6. The smallest absolute Gasteiger partial charge is 0.0133 e. The van der Waals surface area contributed by atoms with E-state index < -0.39 is 0 Å². The summed E-state index contributed by atoms with van der Waals surface area (Å²) in [4.78, 5) is 0.